The summed E-state index contributed by atoms with van der Waals surface area (Å²) in [5.74, 6) is 0.510. The quantitative estimate of drug-likeness (QED) is 0.832. The van der Waals surface area contributed by atoms with Crippen LogP contribution in [0.5, 0.6) is 0 Å². The third kappa shape index (κ3) is 1.57. The molecule has 0 radical (unpaired) electrons. The summed E-state index contributed by atoms with van der Waals surface area (Å²) >= 11 is 7.82. The van der Waals surface area contributed by atoms with Crippen LogP contribution in [-0.4, -0.2) is 22.5 Å². The van der Waals surface area contributed by atoms with Crippen molar-refractivity contribution < 1.29 is 0 Å². The summed E-state index contributed by atoms with van der Waals surface area (Å²) in [6, 6.07) is 0. The second kappa shape index (κ2) is 3.77. The van der Waals surface area contributed by atoms with E-state index < -0.39 is 0 Å². The van der Waals surface area contributed by atoms with Gasteiger partial charge in [0, 0.05) is 24.0 Å². The molecule has 1 fully saturated rings. The predicted octanol–water partition coefficient (Wildman–Crippen LogP) is 2.52. The molecule has 3 heterocycles. The van der Waals surface area contributed by atoms with E-state index >= 15 is 0 Å². The molecule has 1 aliphatic rings. The molecule has 0 aromatic carbocycles. The summed E-state index contributed by atoms with van der Waals surface area (Å²) in [5.41, 5.74) is 1.18. The highest BCUT2D eigenvalue weighted by atomic mass is 35.5. The van der Waals surface area contributed by atoms with Crippen molar-refractivity contribution in [3.63, 3.8) is 0 Å². The van der Waals surface area contributed by atoms with E-state index in [-0.39, 0.29) is 0 Å². The number of halogens is 1. The van der Waals surface area contributed by atoms with Crippen LogP contribution in [0.25, 0.3) is 4.96 Å². The van der Waals surface area contributed by atoms with Crippen LogP contribution in [0.3, 0.4) is 0 Å². The Labute approximate surface area is 97.1 Å². The molecule has 1 saturated heterocycles. The molecule has 0 spiro atoms. The van der Waals surface area contributed by atoms with Crippen LogP contribution < -0.4 is 5.32 Å². The topological polar surface area (TPSA) is 29.3 Å². The van der Waals surface area contributed by atoms with Crippen molar-refractivity contribution in [3.05, 3.63) is 22.4 Å². The van der Waals surface area contributed by atoms with Crippen molar-refractivity contribution in [3.8, 4) is 0 Å². The molecular formula is C10H12ClN3S. The Hall–Kier alpha value is -0.580. The third-order valence-electron chi connectivity index (χ3n) is 2.94. The van der Waals surface area contributed by atoms with E-state index in [1.807, 2.05) is 0 Å². The summed E-state index contributed by atoms with van der Waals surface area (Å²) in [6.45, 7) is 2.14. The second-order valence-corrected chi connectivity index (χ2v) is 5.12. The fourth-order valence-corrected chi connectivity index (χ4v) is 3.32. The highest BCUT2D eigenvalue weighted by Crippen LogP contribution is 2.31. The van der Waals surface area contributed by atoms with Crippen molar-refractivity contribution in [1.82, 2.24) is 14.7 Å². The maximum absolute atomic E-state index is 6.19. The molecule has 1 unspecified atom stereocenters. The van der Waals surface area contributed by atoms with E-state index in [4.69, 9.17) is 11.6 Å². The van der Waals surface area contributed by atoms with Crippen molar-refractivity contribution in [2.24, 2.45) is 0 Å². The van der Waals surface area contributed by atoms with Gasteiger partial charge >= 0.3 is 0 Å². The number of fused-ring (bicyclic) bond motifs is 1. The number of rotatable bonds is 1. The van der Waals surface area contributed by atoms with Gasteiger partial charge in [-0.1, -0.05) is 11.6 Å². The first-order chi connectivity index (χ1) is 7.36. The zero-order valence-corrected chi connectivity index (χ0v) is 9.81. The van der Waals surface area contributed by atoms with Gasteiger partial charge in [-0.15, -0.1) is 11.3 Å². The van der Waals surface area contributed by atoms with E-state index in [9.17, 15) is 0 Å². The van der Waals surface area contributed by atoms with Crippen LogP contribution in [0.15, 0.2) is 11.6 Å². The van der Waals surface area contributed by atoms with E-state index in [1.54, 1.807) is 11.3 Å². The molecule has 80 valence electrons. The van der Waals surface area contributed by atoms with E-state index in [0.29, 0.717) is 11.1 Å². The monoisotopic (exact) mass is 241 g/mol. The SMILES string of the molecule is Clc1nc2sccn2c1C1CCCNC1. The van der Waals surface area contributed by atoms with E-state index in [2.05, 4.69) is 26.3 Å². The van der Waals surface area contributed by atoms with Gasteiger partial charge in [-0.2, -0.15) is 0 Å². The lowest BCUT2D eigenvalue weighted by atomic mass is 9.97. The predicted molar refractivity (Wildman–Crippen MR) is 62.9 cm³/mol. The lowest BCUT2D eigenvalue weighted by molar-refractivity contribution is 0.453. The largest absolute Gasteiger partial charge is 0.316 e. The average Bonchev–Trinajstić information content (AvgIpc) is 2.78. The molecule has 0 saturated carbocycles. The van der Waals surface area contributed by atoms with Crippen LogP contribution in [0.1, 0.15) is 24.5 Å². The van der Waals surface area contributed by atoms with Crippen LogP contribution in [0.4, 0.5) is 0 Å². The summed E-state index contributed by atoms with van der Waals surface area (Å²) in [6.07, 6.45) is 4.48. The van der Waals surface area contributed by atoms with Gasteiger partial charge in [0.1, 0.15) is 0 Å². The van der Waals surface area contributed by atoms with Crippen molar-refractivity contribution in [2.45, 2.75) is 18.8 Å². The first-order valence-corrected chi connectivity index (χ1v) is 6.43. The highest BCUT2D eigenvalue weighted by molar-refractivity contribution is 7.15. The number of hydrogen-bond donors (Lipinski definition) is 1. The molecule has 0 amide bonds. The number of hydrogen-bond acceptors (Lipinski definition) is 3. The molecule has 15 heavy (non-hydrogen) atoms. The molecule has 3 rings (SSSR count). The molecule has 0 bridgehead atoms. The van der Waals surface area contributed by atoms with E-state index in [0.717, 1.165) is 18.1 Å². The number of nitrogens with zero attached hydrogens (tertiary/aromatic N) is 2. The lowest BCUT2D eigenvalue weighted by Gasteiger charge is -2.22. The number of piperidine rings is 1. The van der Waals surface area contributed by atoms with Gasteiger partial charge in [0.2, 0.25) is 0 Å². The summed E-state index contributed by atoms with van der Waals surface area (Å²) in [4.78, 5) is 5.37. The van der Waals surface area contributed by atoms with Gasteiger partial charge in [-0.3, -0.25) is 4.40 Å². The van der Waals surface area contributed by atoms with Gasteiger partial charge in [0.25, 0.3) is 0 Å². The van der Waals surface area contributed by atoms with Gasteiger partial charge in [-0.05, 0) is 19.4 Å². The molecular weight excluding hydrogens is 230 g/mol. The van der Waals surface area contributed by atoms with Crippen molar-refractivity contribution in [1.29, 1.82) is 0 Å². The number of aromatic nitrogens is 2. The molecule has 1 atom stereocenters. The lowest BCUT2D eigenvalue weighted by Crippen LogP contribution is -2.29. The molecule has 3 nitrogen and oxygen atoms in total. The van der Waals surface area contributed by atoms with Gasteiger partial charge in [0.05, 0.1) is 5.69 Å². The normalized spacial score (nSPS) is 22.3. The average molecular weight is 242 g/mol. The highest BCUT2D eigenvalue weighted by Gasteiger charge is 2.22. The number of imidazole rings is 1. The minimum atomic E-state index is 0.510. The van der Waals surface area contributed by atoms with E-state index in [1.165, 1.54) is 18.5 Å². The fraction of sp³-hybridized carbons (Fsp3) is 0.500. The van der Waals surface area contributed by atoms with Crippen molar-refractivity contribution >= 4 is 27.9 Å². The standard InChI is InChI=1S/C10H12ClN3S/c11-9-8(7-2-1-3-12-6-7)14-4-5-15-10(14)13-9/h4-5,7,12H,1-3,6H2. The zero-order valence-electron chi connectivity index (χ0n) is 8.24. The van der Waals surface area contributed by atoms with Crippen LogP contribution in [-0.2, 0) is 0 Å². The summed E-state index contributed by atoms with van der Waals surface area (Å²) in [7, 11) is 0. The Bertz CT molecular complexity index is 470. The second-order valence-electron chi connectivity index (χ2n) is 3.89. The van der Waals surface area contributed by atoms with Crippen LogP contribution in [0, 0.1) is 0 Å². The minimum Gasteiger partial charge on any atom is -0.316 e. The Kier molecular flexibility index (Phi) is 2.42. The number of nitrogens with one attached hydrogen (secondary N) is 1. The Morgan fingerprint density at radius 1 is 1.60 bits per heavy atom. The maximum atomic E-state index is 6.19. The molecule has 5 heteroatoms. The Balaban J connectivity index is 2.07. The summed E-state index contributed by atoms with van der Waals surface area (Å²) < 4.78 is 2.13. The van der Waals surface area contributed by atoms with Crippen LogP contribution in [0.2, 0.25) is 5.15 Å². The zero-order chi connectivity index (χ0) is 10.3. The maximum Gasteiger partial charge on any atom is 0.195 e. The minimum absolute atomic E-state index is 0.510. The fourth-order valence-electron chi connectivity index (χ4n) is 2.23. The molecule has 2 aromatic heterocycles. The van der Waals surface area contributed by atoms with Crippen molar-refractivity contribution in [2.75, 3.05) is 13.1 Å². The molecule has 2 aromatic rings. The Morgan fingerprint density at radius 2 is 2.53 bits per heavy atom. The first kappa shape index (κ1) is 9.63. The molecule has 1 aliphatic heterocycles. The number of thiazole rings is 1. The third-order valence-corrected chi connectivity index (χ3v) is 3.97. The Morgan fingerprint density at radius 3 is 3.33 bits per heavy atom. The first-order valence-electron chi connectivity index (χ1n) is 5.18. The molecule has 0 aliphatic carbocycles. The molecule has 1 N–H and O–H groups in total. The van der Waals surface area contributed by atoms with Gasteiger partial charge in [0.15, 0.2) is 10.1 Å². The van der Waals surface area contributed by atoms with Gasteiger partial charge < -0.3 is 5.32 Å². The summed E-state index contributed by atoms with van der Waals surface area (Å²) in [5, 5.41) is 6.14. The van der Waals surface area contributed by atoms with Gasteiger partial charge in [-0.25, -0.2) is 4.98 Å². The smallest absolute Gasteiger partial charge is 0.195 e. The van der Waals surface area contributed by atoms with Crippen LogP contribution >= 0.6 is 22.9 Å².